The van der Waals surface area contributed by atoms with Crippen molar-refractivity contribution in [2.24, 2.45) is 11.8 Å². The topological polar surface area (TPSA) is 23.6 Å². The highest BCUT2D eigenvalue weighted by atomic mass is 16.1. The summed E-state index contributed by atoms with van der Waals surface area (Å²) < 4.78 is 0. The molecule has 0 aromatic heterocycles. The van der Waals surface area contributed by atoms with Gasteiger partial charge >= 0.3 is 0 Å². The van der Waals surface area contributed by atoms with Crippen LogP contribution in [0.5, 0.6) is 0 Å². The second kappa shape index (κ2) is 9.26. The summed E-state index contributed by atoms with van der Waals surface area (Å²) in [5.41, 5.74) is 0. The molecule has 2 fully saturated rings. The van der Waals surface area contributed by atoms with Crippen LogP contribution in [0.4, 0.5) is 0 Å². The van der Waals surface area contributed by atoms with Crippen LogP contribution in [-0.2, 0) is 4.79 Å². The molecule has 0 radical (unpaired) electrons. The first-order valence-electron chi connectivity index (χ1n) is 9.45. The van der Waals surface area contributed by atoms with E-state index in [0.717, 1.165) is 64.7 Å². The first kappa shape index (κ1) is 19.0. The Hall–Kier alpha value is -1.29. The molecule has 2 rings (SSSR count). The van der Waals surface area contributed by atoms with Crippen molar-refractivity contribution in [3.8, 4) is 24.7 Å². The fraction of sp³-hybridized carbons (Fsp3) is 0.762. The fourth-order valence-corrected chi connectivity index (χ4v) is 4.13. The van der Waals surface area contributed by atoms with Crippen molar-refractivity contribution >= 4 is 5.78 Å². The average molecular weight is 329 g/mol. The van der Waals surface area contributed by atoms with Gasteiger partial charge in [0.25, 0.3) is 0 Å². The summed E-state index contributed by atoms with van der Waals surface area (Å²) in [6, 6.07) is 0.0189. The molecule has 0 aromatic carbocycles. The van der Waals surface area contributed by atoms with Gasteiger partial charge in [-0.05, 0) is 77.5 Å². The van der Waals surface area contributed by atoms with Crippen LogP contribution in [0.25, 0.3) is 0 Å². The Morgan fingerprint density at radius 2 is 1.21 bits per heavy atom. The van der Waals surface area contributed by atoms with E-state index < -0.39 is 0 Å². The summed E-state index contributed by atoms with van der Waals surface area (Å²) in [5, 5.41) is 0. The van der Waals surface area contributed by atoms with E-state index in [2.05, 4.69) is 35.5 Å². The van der Waals surface area contributed by atoms with Gasteiger partial charge in [0.2, 0.25) is 0 Å². The molecule has 2 aliphatic heterocycles. The number of likely N-dealkylation sites (tertiary alicyclic amines) is 2. The molecule has 24 heavy (non-hydrogen) atoms. The van der Waals surface area contributed by atoms with Gasteiger partial charge in [0.15, 0.2) is 5.78 Å². The van der Waals surface area contributed by atoms with E-state index in [4.69, 9.17) is 12.8 Å². The number of carbonyl (C=O) groups excluding carboxylic acids is 1. The van der Waals surface area contributed by atoms with Crippen LogP contribution in [0.15, 0.2) is 0 Å². The summed E-state index contributed by atoms with van der Waals surface area (Å²) in [7, 11) is 0. The van der Waals surface area contributed by atoms with E-state index in [-0.39, 0.29) is 12.1 Å². The lowest BCUT2D eigenvalue weighted by Crippen LogP contribution is -2.52. The number of piperidine rings is 2. The maximum Gasteiger partial charge on any atom is 0.166 e. The zero-order chi connectivity index (χ0) is 17.5. The minimum Gasteiger partial charge on any atom is -0.296 e. The molecule has 2 unspecified atom stereocenters. The predicted octanol–water partition coefficient (Wildman–Crippen LogP) is 2.80. The molecular weight excluding hydrogens is 296 g/mol. The van der Waals surface area contributed by atoms with Crippen LogP contribution in [0, 0.1) is 36.5 Å². The average Bonchev–Trinajstić information content (AvgIpc) is 2.62. The molecule has 0 bridgehead atoms. The molecule has 0 aromatic rings. The lowest BCUT2D eigenvalue weighted by molar-refractivity contribution is -0.129. The van der Waals surface area contributed by atoms with Crippen LogP contribution in [0.2, 0.25) is 0 Å². The maximum atomic E-state index is 12.9. The third-order valence-electron chi connectivity index (χ3n) is 6.03. The Balaban J connectivity index is 1.81. The molecule has 0 aliphatic carbocycles. The second-order valence-electron chi connectivity index (χ2n) is 7.53. The Labute approximate surface area is 148 Å². The Kier molecular flexibility index (Phi) is 7.35. The molecule has 2 aliphatic rings. The number of Topliss-reactive ketones (excluding diaryl/α,β-unsaturated/α-hetero) is 1. The van der Waals surface area contributed by atoms with Crippen LogP contribution in [0.1, 0.15) is 52.4 Å². The first-order chi connectivity index (χ1) is 11.6. The van der Waals surface area contributed by atoms with Crippen LogP contribution in [0.3, 0.4) is 0 Å². The molecular formula is C21H32N2O. The molecule has 2 atom stereocenters. The molecule has 0 spiro atoms. The summed E-state index contributed by atoms with van der Waals surface area (Å²) in [6.07, 6.45) is 17.1. The predicted molar refractivity (Wildman–Crippen MR) is 99.4 cm³/mol. The Morgan fingerprint density at radius 1 is 0.875 bits per heavy atom. The van der Waals surface area contributed by atoms with E-state index in [1.165, 1.54) is 0 Å². The number of nitrogens with zero attached hydrogens (tertiary/aromatic N) is 2. The highest BCUT2D eigenvalue weighted by Gasteiger charge is 2.32. The van der Waals surface area contributed by atoms with Crippen molar-refractivity contribution < 1.29 is 4.79 Å². The largest absolute Gasteiger partial charge is 0.296 e. The highest BCUT2D eigenvalue weighted by Crippen LogP contribution is 2.24. The van der Waals surface area contributed by atoms with Crippen molar-refractivity contribution in [1.82, 2.24) is 9.80 Å². The Bertz CT molecular complexity index is 441. The van der Waals surface area contributed by atoms with Crippen LogP contribution >= 0.6 is 0 Å². The lowest BCUT2D eigenvalue weighted by Gasteiger charge is -2.39. The molecule has 0 amide bonds. The van der Waals surface area contributed by atoms with Crippen LogP contribution < -0.4 is 0 Å². The molecule has 0 saturated carbocycles. The molecule has 3 heteroatoms. The number of ketones is 1. The number of hydrogen-bond acceptors (Lipinski definition) is 3. The molecule has 0 N–H and O–H groups in total. The third-order valence-corrected chi connectivity index (χ3v) is 6.03. The molecule has 3 nitrogen and oxygen atoms in total. The SMILES string of the molecule is C#CCC1CCN(C(C)C(=O)C(C)N2CCC(CC#C)CC2)CC1. The van der Waals surface area contributed by atoms with Gasteiger partial charge in [0, 0.05) is 12.8 Å². The Morgan fingerprint density at radius 3 is 1.50 bits per heavy atom. The monoisotopic (exact) mass is 328 g/mol. The fourth-order valence-electron chi connectivity index (χ4n) is 4.13. The summed E-state index contributed by atoms with van der Waals surface area (Å²) >= 11 is 0. The first-order valence-corrected chi connectivity index (χ1v) is 9.45. The summed E-state index contributed by atoms with van der Waals surface area (Å²) in [6.45, 7) is 8.13. The van der Waals surface area contributed by atoms with Crippen molar-refractivity contribution in [2.45, 2.75) is 64.5 Å². The van der Waals surface area contributed by atoms with Crippen molar-refractivity contribution in [3.63, 3.8) is 0 Å². The molecule has 2 heterocycles. The van der Waals surface area contributed by atoms with Gasteiger partial charge in [-0.15, -0.1) is 24.7 Å². The quantitative estimate of drug-likeness (QED) is 0.701. The number of carbonyl (C=O) groups is 1. The number of hydrogen-bond donors (Lipinski definition) is 0. The second-order valence-corrected chi connectivity index (χ2v) is 7.53. The third kappa shape index (κ3) is 4.85. The smallest absolute Gasteiger partial charge is 0.166 e. The number of rotatable bonds is 6. The summed E-state index contributed by atoms with van der Waals surface area (Å²) in [4.78, 5) is 17.6. The normalized spacial score (nSPS) is 24.0. The van der Waals surface area contributed by atoms with Crippen molar-refractivity contribution in [3.05, 3.63) is 0 Å². The standard InChI is InChI=1S/C21H32N2O/c1-5-7-19-9-13-22(14-10-19)17(3)21(24)18(4)23-15-11-20(8-6-2)12-16-23/h1-2,17-20H,7-16H2,3-4H3. The summed E-state index contributed by atoms with van der Waals surface area (Å²) in [5.74, 6) is 7.19. The van der Waals surface area contributed by atoms with E-state index >= 15 is 0 Å². The number of terminal acetylenes is 2. The van der Waals surface area contributed by atoms with Gasteiger partial charge < -0.3 is 0 Å². The van der Waals surface area contributed by atoms with E-state index in [0.29, 0.717) is 17.6 Å². The zero-order valence-electron chi connectivity index (χ0n) is 15.3. The van der Waals surface area contributed by atoms with Gasteiger partial charge in [0.1, 0.15) is 0 Å². The van der Waals surface area contributed by atoms with Gasteiger partial charge in [0.05, 0.1) is 12.1 Å². The highest BCUT2D eigenvalue weighted by molar-refractivity contribution is 5.88. The van der Waals surface area contributed by atoms with Crippen molar-refractivity contribution in [2.75, 3.05) is 26.2 Å². The van der Waals surface area contributed by atoms with Crippen molar-refractivity contribution in [1.29, 1.82) is 0 Å². The van der Waals surface area contributed by atoms with E-state index in [1.807, 2.05) is 0 Å². The zero-order valence-corrected chi connectivity index (χ0v) is 15.3. The maximum absolute atomic E-state index is 12.9. The van der Waals surface area contributed by atoms with Gasteiger partial charge in [-0.3, -0.25) is 14.6 Å². The minimum absolute atomic E-state index is 0.00946. The molecule has 132 valence electrons. The minimum atomic E-state index is 0.00946. The van der Waals surface area contributed by atoms with Crippen LogP contribution in [-0.4, -0.2) is 53.8 Å². The van der Waals surface area contributed by atoms with E-state index in [9.17, 15) is 4.79 Å². The lowest BCUT2D eigenvalue weighted by atomic mass is 9.91. The van der Waals surface area contributed by atoms with Gasteiger partial charge in [-0.2, -0.15) is 0 Å². The molecule has 2 saturated heterocycles. The van der Waals surface area contributed by atoms with Gasteiger partial charge in [-0.1, -0.05) is 0 Å². The van der Waals surface area contributed by atoms with E-state index in [1.54, 1.807) is 0 Å². The van der Waals surface area contributed by atoms with Gasteiger partial charge in [-0.25, -0.2) is 0 Å².